The predicted octanol–water partition coefficient (Wildman–Crippen LogP) is 0.463. The molecule has 2 fully saturated rings. The van der Waals surface area contributed by atoms with Crippen LogP contribution in [-0.2, 0) is 9.47 Å². The van der Waals surface area contributed by atoms with Gasteiger partial charge in [-0.2, -0.15) is 0 Å². The number of nitrogens with zero attached hydrogens (tertiary/aromatic N) is 1. The molecule has 1 unspecified atom stereocenters. The van der Waals surface area contributed by atoms with Gasteiger partial charge in [0.05, 0.1) is 18.8 Å². The summed E-state index contributed by atoms with van der Waals surface area (Å²) in [6.07, 6.45) is 3.76. The lowest BCUT2D eigenvalue weighted by atomic mass is 9.97. The van der Waals surface area contributed by atoms with Crippen LogP contribution in [0.5, 0.6) is 0 Å². The van der Waals surface area contributed by atoms with Gasteiger partial charge in [-0.1, -0.05) is 0 Å². The van der Waals surface area contributed by atoms with Crippen molar-refractivity contribution in [2.45, 2.75) is 24.8 Å². The van der Waals surface area contributed by atoms with Gasteiger partial charge < -0.3 is 15.2 Å². The van der Waals surface area contributed by atoms with E-state index in [1.807, 2.05) is 0 Å². The van der Waals surface area contributed by atoms with Gasteiger partial charge in [-0.25, -0.2) is 0 Å². The van der Waals surface area contributed by atoms with Crippen molar-refractivity contribution in [1.29, 1.82) is 0 Å². The normalized spacial score (nSPS) is 30.2. The monoisotopic (exact) mass is 228 g/mol. The van der Waals surface area contributed by atoms with Crippen molar-refractivity contribution in [2.75, 3.05) is 46.6 Å². The molecular weight excluding hydrogens is 204 g/mol. The highest BCUT2D eigenvalue weighted by molar-refractivity contribution is 4.93. The fraction of sp³-hybridized carbons (Fsp3) is 1.00. The Morgan fingerprint density at radius 2 is 2.31 bits per heavy atom. The Balaban J connectivity index is 1.66. The zero-order valence-electron chi connectivity index (χ0n) is 10.3. The predicted molar refractivity (Wildman–Crippen MR) is 63.4 cm³/mol. The fourth-order valence-electron chi connectivity index (χ4n) is 2.19. The summed E-state index contributed by atoms with van der Waals surface area (Å²) in [5.41, 5.74) is 5.93. The topological polar surface area (TPSA) is 47.7 Å². The smallest absolute Gasteiger partial charge is 0.0663 e. The maximum absolute atomic E-state index is 5.87. The van der Waals surface area contributed by atoms with Crippen molar-refractivity contribution in [1.82, 2.24) is 4.90 Å². The highest BCUT2D eigenvalue weighted by Crippen LogP contribution is 2.29. The number of hydrogen-bond acceptors (Lipinski definition) is 4. The van der Waals surface area contributed by atoms with Crippen molar-refractivity contribution >= 4 is 0 Å². The van der Waals surface area contributed by atoms with Crippen LogP contribution in [0.25, 0.3) is 0 Å². The molecule has 0 radical (unpaired) electrons. The number of rotatable bonds is 7. The first-order chi connectivity index (χ1) is 7.77. The van der Waals surface area contributed by atoms with Crippen LogP contribution in [0.2, 0.25) is 0 Å². The summed E-state index contributed by atoms with van der Waals surface area (Å²) in [7, 11) is 2.13. The lowest BCUT2D eigenvalue weighted by Crippen LogP contribution is -2.53. The van der Waals surface area contributed by atoms with Crippen LogP contribution in [0.4, 0.5) is 0 Å². The van der Waals surface area contributed by atoms with E-state index in [1.165, 1.54) is 12.8 Å². The molecule has 4 nitrogen and oxygen atoms in total. The van der Waals surface area contributed by atoms with Gasteiger partial charge in [0, 0.05) is 26.3 Å². The van der Waals surface area contributed by atoms with Gasteiger partial charge in [-0.3, -0.25) is 4.90 Å². The second-order valence-corrected chi connectivity index (χ2v) is 5.17. The molecule has 2 N–H and O–H groups in total. The Kier molecular flexibility index (Phi) is 4.19. The molecule has 0 amide bonds. The lowest BCUT2D eigenvalue weighted by molar-refractivity contribution is 0.0502. The summed E-state index contributed by atoms with van der Waals surface area (Å²) in [6, 6.07) is 0. The van der Waals surface area contributed by atoms with E-state index in [4.69, 9.17) is 15.2 Å². The standard InChI is InChI=1S/C12H24N2O2/c1-14(5-7-15-8-11-2-3-11)12(9-13)4-6-16-10-12/h11H,2-10,13H2,1H3. The van der Waals surface area contributed by atoms with Crippen molar-refractivity contribution in [3.8, 4) is 0 Å². The zero-order chi connectivity index (χ0) is 11.4. The Labute approximate surface area is 98.1 Å². The van der Waals surface area contributed by atoms with Crippen molar-refractivity contribution in [3.05, 3.63) is 0 Å². The summed E-state index contributed by atoms with van der Waals surface area (Å²) in [5, 5.41) is 0. The number of ether oxygens (including phenoxy) is 2. The molecule has 1 saturated heterocycles. The molecule has 0 aromatic rings. The van der Waals surface area contributed by atoms with E-state index in [2.05, 4.69) is 11.9 Å². The summed E-state index contributed by atoms with van der Waals surface area (Å²) in [5.74, 6) is 0.851. The summed E-state index contributed by atoms with van der Waals surface area (Å²) < 4.78 is 11.1. The number of hydrogen-bond donors (Lipinski definition) is 1. The molecule has 1 aliphatic heterocycles. The van der Waals surface area contributed by atoms with Crippen molar-refractivity contribution < 1.29 is 9.47 Å². The van der Waals surface area contributed by atoms with Crippen LogP contribution >= 0.6 is 0 Å². The van der Waals surface area contributed by atoms with Gasteiger partial charge in [-0.15, -0.1) is 0 Å². The second-order valence-electron chi connectivity index (χ2n) is 5.17. The molecule has 1 saturated carbocycles. The minimum absolute atomic E-state index is 0.0585. The van der Waals surface area contributed by atoms with E-state index >= 15 is 0 Å². The molecule has 2 aliphatic rings. The molecule has 1 heterocycles. The van der Waals surface area contributed by atoms with Crippen LogP contribution in [0, 0.1) is 5.92 Å². The van der Waals surface area contributed by atoms with E-state index in [1.54, 1.807) is 0 Å². The minimum Gasteiger partial charge on any atom is -0.380 e. The molecule has 4 heteroatoms. The Hall–Kier alpha value is -0.160. The molecule has 0 aromatic heterocycles. The van der Waals surface area contributed by atoms with E-state index < -0.39 is 0 Å². The largest absolute Gasteiger partial charge is 0.380 e. The van der Waals surface area contributed by atoms with E-state index in [0.29, 0.717) is 6.54 Å². The third kappa shape index (κ3) is 2.94. The Morgan fingerprint density at radius 3 is 2.88 bits per heavy atom. The minimum atomic E-state index is 0.0585. The maximum Gasteiger partial charge on any atom is 0.0663 e. The molecule has 0 aromatic carbocycles. The van der Waals surface area contributed by atoms with Crippen molar-refractivity contribution in [3.63, 3.8) is 0 Å². The summed E-state index contributed by atoms with van der Waals surface area (Å²) >= 11 is 0. The highest BCUT2D eigenvalue weighted by Gasteiger charge is 2.37. The molecule has 16 heavy (non-hydrogen) atoms. The van der Waals surface area contributed by atoms with Crippen LogP contribution in [0.15, 0.2) is 0 Å². The van der Waals surface area contributed by atoms with E-state index in [-0.39, 0.29) is 5.54 Å². The summed E-state index contributed by atoms with van der Waals surface area (Å²) in [4.78, 5) is 2.31. The molecule has 94 valence electrons. The molecular formula is C12H24N2O2. The van der Waals surface area contributed by atoms with Crippen LogP contribution < -0.4 is 5.73 Å². The third-order valence-corrected chi connectivity index (χ3v) is 3.89. The first kappa shape index (κ1) is 12.3. The fourth-order valence-corrected chi connectivity index (χ4v) is 2.19. The van der Waals surface area contributed by atoms with Gasteiger partial charge in [0.1, 0.15) is 0 Å². The molecule has 0 bridgehead atoms. The first-order valence-corrected chi connectivity index (χ1v) is 6.34. The molecule has 1 aliphatic carbocycles. The van der Waals surface area contributed by atoms with Crippen LogP contribution in [0.1, 0.15) is 19.3 Å². The van der Waals surface area contributed by atoms with Crippen LogP contribution in [-0.4, -0.2) is 57.0 Å². The maximum atomic E-state index is 5.87. The lowest BCUT2D eigenvalue weighted by Gasteiger charge is -2.36. The van der Waals surface area contributed by atoms with Gasteiger partial charge >= 0.3 is 0 Å². The average Bonchev–Trinajstić information content (AvgIpc) is 2.99. The zero-order valence-corrected chi connectivity index (χ0v) is 10.3. The molecule has 2 rings (SSSR count). The summed E-state index contributed by atoms with van der Waals surface area (Å²) in [6.45, 7) is 4.99. The average molecular weight is 228 g/mol. The highest BCUT2D eigenvalue weighted by atomic mass is 16.5. The Bertz CT molecular complexity index is 213. The first-order valence-electron chi connectivity index (χ1n) is 6.34. The van der Waals surface area contributed by atoms with Crippen LogP contribution in [0.3, 0.4) is 0 Å². The van der Waals surface area contributed by atoms with Crippen molar-refractivity contribution in [2.24, 2.45) is 11.7 Å². The van der Waals surface area contributed by atoms with E-state index in [0.717, 1.165) is 45.3 Å². The number of likely N-dealkylation sites (N-methyl/N-ethyl adjacent to an activating group) is 1. The van der Waals surface area contributed by atoms with Gasteiger partial charge in [-0.05, 0) is 32.2 Å². The quantitative estimate of drug-likeness (QED) is 0.643. The number of nitrogens with two attached hydrogens (primary N) is 1. The SMILES string of the molecule is CN(CCOCC1CC1)C1(CN)CCOC1. The molecule has 0 spiro atoms. The Morgan fingerprint density at radius 1 is 1.50 bits per heavy atom. The van der Waals surface area contributed by atoms with Gasteiger partial charge in [0.15, 0.2) is 0 Å². The van der Waals surface area contributed by atoms with E-state index in [9.17, 15) is 0 Å². The molecule has 1 atom stereocenters. The second kappa shape index (κ2) is 5.45. The third-order valence-electron chi connectivity index (χ3n) is 3.89. The van der Waals surface area contributed by atoms with Gasteiger partial charge in [0.2, 0.25) is 0 Å². The van der Waals surface area contributed by atoms with Gasteiger partial charge in [0.25, 0.3) is 0 Å².